The molecule has 48 heavy (non-hydrogen) atoms. The Morgan fingerprint density at radius 1 is 1.04 bits per heavy atom. The first-order valence-corrected chi connectivity index (χ1v) is 17.3. The van der Waals surface area contributed by atoms with E-state index in [9.17, 15) is 9.59 Å². The number of hydrogen-bond donors (Lipinski definition) is 3. The number of ether oxygens (including phenoxy) is 1. The van der Waals surface area contributed by atoms with Crippen molar-refractivity contribution in [1.29, 1.82) is 0 Å². The second-order valence-electron chi connectivity index (χ2n) is 13.1. The predicted molar refractivity (Wildman–Crippen MR) is 187 cm³/mol. The van der Waals surface area contributed by atoms with Gasteiger partial charge >= 0.3 is 0 Å². The van der Waals surface area contributed by atoms with Crippen molar-refractivity contribution < 1.29 is 23.1 Å². The number of aryl methyl sites for hydroxylation is 1. The number of nitrogens with zero attached hydrogens (tertiary/aromatic N) is 4. The maximum Gasteiger partial charge on any atom is 0.224 e. The van der Waals surface area contributed by atoms with E-state index in [1.54, 1.807) is 7.11 Å². The summed E-state index contributed by atoms with van der Waals surface area (Å²) in [6.45, 7) is 14.2. The van der Waals surface area contributed by atoms with Gasteiger partial charge < -0.3 is 30.9 Å². The Morgan fingerprint density at radius 3 is 2.38 bits per heavy atom. The van der Waals surface area contributed by atoms with Crippen LogP contribution in [-0.4, -0.2) is 101 Å². The second kappa shape index (κ2) is 16.5. The average Bonchev–Trinajstić information content (AvgIpc) is 3.08. The monoisotopic (exact) mass is 667 g/mol. The van der Waals surface area contributed by atoms with Gasteiger partial charge in [-0.05, 0) is 69.0 Å². The quantitative estimate of drug-likeness (QED) is 0.159. The van der Waals surface area contributed by atoms with Crippen molar-refractivity contribution in [2.45, 2.75) is 57.4 Å². The van der Waals surface area contributed by atoms with E-state index in [0.717, 1.165) is 77.9 Å². The Kier molecular flexibility index (Phi) is 12.2. The Labute approximate surface area is 283 Å². The van der Waals surface area contributed by atoms with Gasteiger partial charge in [0.05, 0.1) is 12.8 Å². The van der Waals surface area contributed by atoms with Crippen LogP contribution in [0, 0.1) is 11.6 Å². The summed E-state index contributed by atoms with van der Waals surface area (Å²) in [5.41, 5.74) is 10.1. The van der Waals surface area contributed by atoms with Crippen molar-refractivity contribution in [1.82, 2.24) is 20.4 Å². The lowest BCUT2D eigenvalue weighted by atomic mass is 9.87. The zero-order valence-electron chi connectivity index (χ0n) is 28.4. The number of methoxy groups -OCH3 is 1. The van der Waals surface area contributed by atoms with Gasteiger partial charge in [-0.1, -0.05) is 13.5 Å². The molecule has 1 unspecified atom stereocenters. The maximum absolute atomic E-state index is 15.2. The molecule has 0 saturated carbocycles. The number of amides is 2. The standard InChI is InChI=1S/C36H51F2N7O3/c1-4-26-20-32(39)34(48-3)23-33(26)45-13-8-27(9-14-45)43(15-10-40-24-46)12-5-11-42-16-18-44(19-17-42)28-21-30(37)36(31(38)22-28)29-6-7-35(47)41-25(29)2/h20-24,27,29H,2,4-19,39H2,1,3H3,(H,40,46)(H,41,47). The van der Waals surface area contributed by atoms with Gasteiger partial charge in [-0.3, -0.25) is 19.4 Å². The van der Waals surface area contributed by atoms with E-state index >= 15 is 8.78 Å². The van der Waals surface area contributed by atoms with Gasteiger partial charge in [0.2, 0.25) is 12.3 Å². The van der Waals surface area contributed by atoms with Crippen molar-refractivity contribution in [3.05, 3.63) is 59.3 Å². The van der Waals surface area contributed by atoms with Gasteiger partial charge in [0, 0.05) is 99.4 Å². The third-order valence-corrected chi connectivity index (χ3v) is 10.2. The number of piperazine rings is 1. The van der Waals surface area contributed by atoms with Crippen LogP contribution in [0.3, 0.4) is 0 Å². The van der Waals surface area contributed by atoms with Crippen molar-refractivity contribution in [3.8, 4) is 5.75 Å². The molecule has 1 atom stereocenters. The Hall–Kier alpha value is -3.90. The van der Waals surface area contributed by atoms with Gasteiger partial charge in [-0.2, -0.15) is 0 Å². The molecule has 3 fully saturated rings. The van der Waals surface area contributed by atoms with Gasteiger partial charge in [0.1, 0.15) is 17.4 Å². The Morgan fingerprint density at radius 2 is 1.75 bits per heavy atom. The summed E-state index contributed by atoms with van der Waals surface area (Å²) < 4.78 is 35.9. The highest BCUT2D eigenvalue weighted by molar-refractivity contribution is 5.79. The highest BCUT2D eigenvalue weighted by Crippen LogP contribution is 2.36. The van der Waals surface area contributed by atoms with E-state index in [1.165, 1.54) is 23.4 Å². The number of hydrogen-bond acceptors (Lipinski definition) is 8. The molecule has 0 spiro atoms. The lowest BCUT2D eigenvalue weighted by Crippen LogP contribution is -2.49. The number of nitrogens with one attached hydrogen (secondary N) is 2. The first kappa shape index (κ1) is 35.4. The molecule has 12 heteroatoms. The minimum Gasteiger partial charge on any atom is -0.495 e. The largest absolute Gasteiger partial charge is 0.495 e. The zero-order valence-corrected chi connectivity index (χ0v) is 28.4. The minimum atomic E-state index is -0.594. The molecule has 0 aliphatic carbocycles. The summed E-state index contributed by atoms with van der Waals surface area (Å²) in [7, 11) is 1.65. The van der Waals surface area contributed by atoms with E-state index in [4.69, 9.17) is 10.5 Å². The fraction of sp³-hybridized carbons (Fsp3) is 0.556. The third kappa shape index (κ3) is 8.38. The molecule has 10 nitrogen and oxygen atoms in total. The van der Waals surface area contributed by atoms with E-state index in [0.29, 0.717) is 54.9 Å². The predicted octanol–water partition coefficient (Wildman–Crippen LogP) is 3.85. The molecular formula is C36H51F2N7O3. The molecule has 4 N–H and O–H groups in total. The maximum atomic E-state index is 15.2. The summed E-state index contributed by atoms with van der Waals surface area (Å²) in [4.78, 5) is 32.0. The van der Waals surface area contributed by atoms with Crippen molar-refractivity contribution in [2.75, 3.05) is 88.1 Å². The molecule has 3 aliphatic rings. The molecule has 2 amide bonds. The molecule has 3 heterocycles. The Balaban J connectivity index is 1.11. The van der Waals surface area contributed by atoms with Gasteiger partial charge in [-0.25, -0.2) is 8.78 Å². The summed E-state index contributed by atoms with van der Waals surface area (Å²) in [5.74, 6) is -1.20. The number of nitrogens with two attached hydrogens (primary N) is 1. The van der Waals surface area contributed by atoms with Crippen LogP contribution in [0.15, 0.2) is 36.5 Å². The molecule has 3 saturated heterocycles. The van der Waals surface area contributed by atoms with Crippen molar-refractivity contribution >= 4 is 29.4 Å². The van der Waals surface area contributed by atoms with Gasteiger partial charge in [0.15, 0.2) is 0 Å². The Bertz CT molecular complexity index is 1420. The number of carbonyl (C=O) groups is 2. The number of allylic oxidation sites excluding steroid dienone is 1. The van der Waals surface area contributed by atoms with Crippen LogP contribution in [0.25, 0.3) is 0 Å². The summed E-state index contributed by atoms with van der Waals surface area (Å²) >= 11 is 0. The fourth-order valence-corrected chi connectivity index (χ4v) is 7.51. The van der Waals surface area contributed by atoms with E-state index in [-0.39, 0.29) is 17.9 Å². The molecule has 0 radical (unpaired) electrons. The smallest absolute Gasteiger partial charge is 0.224 e. The minimum absolute atomic E-state index is 0.0165. The lowest BCUT2D eigenvalue weighted by molar-refractivity contribution is -0.121. The average molecular weight is 668 g/mol. The first-order chi connectivity index (χ1) is 23.2. The molecule has 2 aromatic rings. The van der Waals surface area contributed by atoms with Crippen LogP contribution in [0.4, 0.5) is 25.8 Å². The number of piperidine rings is 2. The molecule has 262 valence electrons. The lowest BCUT2D eigenvalue weighted by Gasteiger charge is -2.41. The molecular weight excluding hydrogens is 616 g/mol. The van der Waals surface area contributed by atoms with Crippen LogP contribution in [0.5, 0.6) is 5.75 Å². The van der Waals surface area contributed by atoms with E-state index < -0.39 is 17.6 Å². The second-order valence-corrected chi connectivity index (χ2v) is 13.1. The SMILES string of the molecule is C=C1NC(=O)CCC1c1c(F)cc(N2CCN(CCCN(CCNC=O)C3CCN(c4cc(OC)c(N)cc4CC)CC3)CC2)cc1F. The number of anilines is 3. The van der Waals surface area contributed by atoms with Crippen LogP contribution < -0.4 is 30.9 Å². The topological polar surface area (TPSA) is 106 Å². The molecule has 3 aliphatic heterocycles. The number of rotatable bonds is 14. The molecule has 2 aromatic carbocycles. The van der Waals surface area contributed by atoms with Crippen molar-refractivity contribution in [2.24, 2.45) is 0 Å². The highest BCUT2D eigenvalue weighted by atomic mass is 19.1. The third-order valence-electron chi connectivity index (χ3n) is 10.2. The van der Waals surface area contributed by atoms with Crippen LogP contribution >= 0.6 is 0 Å². The van der Waals surface area contributed by atoms with E-state index in [2.05, 4.69) is 44.9 Å². The van der Waals surface area contributed by atoms with Crippen LogP contribution in [-0.2, 0) is 16.0 Å². The number of benzene rings is 2. The van der Waals surface area contributed by atoms with Gasteiger partial charge in [0.25, 0.3) is 0 Å². The fourth-order valence-electron chi connectivity index (χ4n) is 7.51. The van der Waals surface area contributed by atoms with Crippen LogP contribution in [0.1, 0.15) is 56.1 Å². The van der Waals surface area contributed by atoms with Gasteiger partial charge in [-0.15, -0.1) is 0 Å². The van der Waals surface area contributed by atoms with E-state index in [1.807, 2.05) is 11.0 Å². The number of halogens is 2. The summed E-state index contributed by atoms with van der Waals surface area (Å²) in [6, 6.07) is 7.37. The molecule has 5 rings (SSSR count). The van der Waals surface area contributed by atoms with Crippen molar-refractivity contribution in [3.63, 3.8) is 0 Å². The number of carbonyl (C=O) groups excluding carboxylic acids is 2. The number of nitrogen functional groups attached to an aromatic ring is 1. The summed E-state index contributed by atoms with van der Waals surface area (Å²) in [5, 5.41) is 5.46. The summed E-state index contributed by atoms with van der Waals surface area (Å²) in [6.07, 6.45) is 5.30. The van der Waals surface area contributed by atoms with Crippen LogP contribution in [0.2, 0.25) is 0 Å². The molecule has 0 aromatic heterocycles. The molecule has 0 bridgehead atoms. The highest BCUT2D eigenvalue weighted by Gasteiger charge is 2.30. The zero-order chi connectivity index (χ0) is 34.2. The normalized spacial score (nSPS) is 19.5. The first-order valence-electron chi connectivity index (χ1n) is 17.3.